The second-order valence-corrected chi connectivity index (χ2v) is 5.70. The Kier molecular flexibility index (Phi) is 5.27. The Balaban J connectivity index is 2.06. The van der Waals surface area contributed by atoms with E-state index in [4.69, 9.17) is 0 Å². The van der Waals surface area contributed by atoms with Gasteiger partial charge in [-0.25, -0.2) is 0 Å². The van der Waals surface area contributed by atoms with Crippen LogP contribution in [0, 0.1) is 0 Å². The number of aromatic nitrogens is 2. The number of hydrogen-bond donors (Lipinski definition) is 1. The van der Waals surface area contributed by atoms with Gasteiger partial charge in [-0.3, -0.25) is 4.79 Å². The first-order valence-electron chi connectivity index (χ1n) is 7.10. The predicted octanol–water partition coefficient (Wildman–Crippen LogP) is 1.70. The third-order valence-corrected chi connectivity index (χ3v) is 4.22. The van der Waals surface area contributed by atoms with Gasteiger partial charge in [0.2, 0.25) is 0 Å². The zero-order valence-electron chi connectivity index (χ0n) is 11.7. The molecule has 0 aromatic carbocycles. The maximum atomic E-state index is 12.6. The van der Waals surface area contributed by atoms with Gasteiger partial charge in [-0.15, -0.1) is 5.10 Å². The van der Waals surface area contributed by atoms with Crippen LogP contribution in [0.3, 0.4) is 0 Å². The van der Waals surface area contributed by atoms with E-state index in [1.54, 1.807) is 0 Å². The molecule has 1 aliphatic rings. The normalized spacial score (nSPS) is 18.7. The van der Waals surface area contributed by atoms with Crippen LogP contribution in [-0.2, 0) is 6.42 Å². The van der Waals surface area contributed by atoms with Crippen molar-refractivity contribution in [2.45, 2.75) is 45.6 Å². The highest BCUT2D eigenvalue weighted by molar-refractivity contribution is 7.08. The smallest absolute Gasteiger partial charge is 0.267 e. The van der Waals surface area contributed by atoms with Gasteiger partial charge in [0.1, 0.15) is 4.88 Å². The molecule has 1 aromatic heterocycles. The van der Waals surface area contributed by atoms with Gasteiger partial charge in [-0.2, -0.15) is 0 Å². The van der Waals surface area contributed by atoms with Gasteiger partial charge in [0, 0.05) is 19.1 Å². The minimum atomic E-state index is 0.0994. The van der Waals surface area contributed by atoms with Gasteiger partial charge >= 0.3 is 0 Å². The van der Waals surface area contributed by atoms with Crippen molar-refractivity contribution in [3.05, 3.63) is 10.6 Å². The molecule has 1 unspecified atom stereocenters. The van der Waals surface area contributed by atoms with Crippen LogP contribution in [0.2, 0.25) is 0 Å². The molecule has 6 heteroatoms. The molecular formula is C13H22N4OS. The van der Waals surface area contributed by atoms with E-state index in [1.807, 2.05) is 11.8 Å². The molecule has 106 valence electrons. The van der Waals surface area contributed by atoms with Crippen molar-refractivity contribution in [3.8, 4) is 0 Å². The van der Waals surface area contributed by atoms with E-state index in [9.17, 15) is 4.79 Å². The molecule has 2 heterocycles. The lowest BCUT2D eigenvalue weighted by Gasteiger charge is -2.25. The van der Waals surface area contributed by atoms with Crippen molar-refractivity contribution in [1.82, 2.24) is 19.8 Å². The lowest BCUT2D eigenvalue weighted by atomic mass is 10.2. The minimum Gasteiger partial charge on any atom is -0.336 e. The van der Waals surface area contributed by atoms with E-state index < -0.39 is 0 Å². The predicted molar refractivity (Wildman–Crippen MR) is 76.5 cm³/mol. The molecule has 5 nitrogen and oxygen atoms in total. The van der Waals surface area contributed by atoms with Gasteiger partial charge in [0.05, 0.1) is 5.69 Å². The molecule has 1 amide bonds. The van der Waals surface area contributed by atoms with Crippen molar-refractivity contribution in [2.24, 2.45) is 0 Å². The van der Waals surface area contributed by atoms with Crippen LogP contribution in [0.1, 0.15) is 48.5 Å². The first kappa shape index (κ1) is 14.4. The molecule has 1 atom stereocenters. The molecule has 0 aliphatic carbocycles. The molecule has 0 saturated carbocycles. The Morgan fingerprint density at radius 2 is 2.37 bits per heavy atom. The van der Waals surface area contributed by atoms with Crippen LogP contribution in [0.5, 0.6) is 0 Å². The lowest BCUT2D eigenvalue weighted by Crippen LogP contribution is -2.41. The Labute approximate surface area is 118 Å². The van der Waals surface area contributed by atoms with Crippen LogP contribution < -0.4 is 5.32 Å². The Morgan fingerprint density at radius 1 is 1.53 bits per heavy atom. The summed E-state index contributed by atoms with van der Waals surface area (Å²) in [4.78, 5) is 15.3. The Morgan fingerprint density at radius 3 is 3.00 bits per heavy atom. The van der Waals surface area contributed by atoms with Gasteiger partial charge < -0.3 is 10.2 Å². The van der Waals surface area contributed by atoms with E-state index in [0.29, 0.717) is 10.9 Å². The third-order valence-electron chi connectivity index (χ3n) is 3.47. The van der Waals surface area contributed by atoms with E-state index in [0.717, 1.165) is 44.6 Å². The SMILES string of the molecule is CCCN(CC1CCCN1)C(=O)c1snnc1CC. The topological polar surface area (TPSA) is 58.1 Å². The number of carbonyl (C=O) groups excluding carboxylic acids is 1. The number of carbonyl (C=O) groups is 1. The van der Waals surface area contributed by atoms with Crippen molar-refractivity contribution in [1.29, 1.82) is 0 Å². The lowest BCUT2D eigenvalue weighted by molar-refractivity contribution is 0.0745. The molecule has 1 aliphatic heterocycles. The average molecular weight is 282 g/mol. The summed E-state index contributed by atoms with van der Waals surface area (Å²) in [5.74, 6) is 0.0994. The standard InChI is InChI=1S/C13H22N4OS/c1-3-8-17(9-10-6-5-7-14-10)13(18)12-11(4-2)15-16-19-12/h10,14H,3-9H2,1-2H3. The van der Waals surface area contributed by atoms with Crippen molar-refractivity contribution >= 4 is 17.4 Å². The second-order valence-electron chi connectivity index (χ2n) is 4.95. The van der Waals surface area contributed by atoms with E-state index in [1.165, 1.54) is 18.0 Å². The van der Waals surface area contributed by atoms with Crippen LogP contribution in [0.4, 0.5) is 0 Å². The summed E-state index contributed by atoms with van der Waals surface area (Å²) in [5.41, 5.74) is 0.829. The number of rotatable bonds is 6. The summed E-state index contributed by atoms with van der Waals surface area (Å²) in [5, 5.41) is 7.49. The van der Waals surface area contributed by atoms with Crippen LogP contribution in [0.15, 0.2) is 0 Å². The number of aryl methyl sites for hydroxylation is 1. The fourth-order valence-electron chi connectivity index (χ4n) is 2.47. The first-order valence-corrected chi connectivity index (χ1v) is 7.87. The van der Waals surface area contributed by atoms with Crippen LogP contribution >= 0.6 is 11.5 Å². The average Bonchev–Trinajstić information content (AvgIpc) is 3.08. The summed E-state index contributed by atoms with van der Waals surface area (Å²) in [6.07, 6.45) is 4.11. The molecule has 2 rings (SSSR count). The van der Waals surface area contributed by atoms with Crippen LogP contribution in [0.25, 0.3) is 0 Å². The molecule has 1 fully saturated rings. The molecule has 0 radical (unpaired) electrons. The minimum absolute atomic E-state index is 0.0994. The molecule has 0 spiro atoms. The summed E-state index contributed by atoms with van der Waals surface area (Å²) < 4.78 is 3.92. The van der Waals surface area contributed by atoms with E-state index in [2.05, 4.69) is 21.8 Å². The maximum Gasteiger partial charge on any atom is 0.267 e. The van der Waals surface area contributed by atoms with Crippen LogP contribution in [-0.4, -0.2) is 46.1 Å². The largest absolute Gasteiger partial charge is 0.336 e. The maximum absolute atomic E-state index is 12.6. The second kappa shape index (κ2) is 6.96. The van der Waals surface area contributed by atoms with Gasteiger partial charge in [-0.05, 0) is 43.8 Å². The number of nitrogens with one attached hydrogen (secondary N) is 1. The van der Waals surface area contributed by atoms with Crippen molar-refractivity contribution in [3.63, 3.8) is 0 Å². The molecule has 1 aromatic rings. The quantitative estimate of drug-likeness (QED) is 0.863. The Hall–Kier alpha value is -1.01. The summed E-state index contributed by atoms with van der Waals surface area (Å²) >= 11 is 1.22. The number of amides is 1. The van der Waals surface area contributed by atoms with E-state index >= 15 is 0 Å². The van der Waals surface area contributed by atoms with Crippen molar-refractivity contribution in [2.75, 3.05) is 19.6 Å². The highest BCUT2D eigenvalue weighted by Crippen LogP contribution is 2.16. The third kappa shape index (κ3) is 3.51. The molecular weight excluding hydrogens is 260 g/mol. The van der Waals surface area contributed by atoms with Gasteiger partial charge in [0.15, 0.2) is 0 Å². The zero-order valence-corrected chi connectivity index (χ0v) is 12.5. The first-order chi connectivity index (χ1) is 9.26. The van der Waals surface area contributed by atoms with Gasteiger partial charge in [0.25, 0.3) is 5.91 Å². The summed E-state index contributed by atoms with van der Waals surface area (Å²) in [6, 6.07) is 0.446. The number of nitrogens with zero attached hydrogens (tertiary/aromatic N) is 3. The highest BCUT2D eigenvalue weighted by atomic mass is 32.1. The molecule has 19 heavy (non-hydrogen) atoms. The molecule has 0 bridgehead atoms. The number of hydrogen-bond acceptors (Lipinski definition) is 5. The Bertz CT molecular complexity index is 415. The molecule has 1 saturated heterocycles. The zero-order chi connectivity index (χ0) is 13.7. The summed E-state index contributed by atoms with van der Waals surface area (Å²) in [7, 11) is 0. The highest BCUT2D eigenvalue weighted by Gasteiger charge is 2.25. The summed E-state index contributed by atoms with van der Waals surface area (Å²) in [6.45, 7) is 6.79. The fraction of sp³-hybridized carbons (Fsp3) is 0.769. The van der Waals surface area contributed by atoms with E-state index in [-0.39, 0.29) is 5.91 Å². The monoisotopic (exact) mass is 282 g/mol. The fourth-order valence-corrected chi connectivity index (χ4v) is 3.19. The molecule has 1 N–H and O–H groups in total. The van der Waals surface area contributed by atoms with Gasteiger partial charge in [-0.1, -0.05) is 18.3 Å². The van der Waals surface area contributed by atoms with Crippen molar-refractivity contribution < 1.29 is 4.79 Å².